The third-order valence-corrected chi connectivity index (χ3v) is 9.95. The standard InChI is InChI=1S/C28H46O/c1-18(2)15-19(3)16-20(4)24-9-10-25-23-8-7-21-17-22(29)11-13-27(21,5)26(23)12-14-28(24,25)6/h7-8,18-20,22,24-26,29H,9-17H2,1-6H3/t19-,20+,22-,24+,25+,26-,27-,28+/m0/s1. The Morgan fingerprint density at radius 2 is 1.69 bits per heavy atom. The first kappa shape index (κ1) is 21.7. The summed E-state index contributed by atoms with van der Waals surface area (Å²) in [5.41, 5.74) is 4.17. The van der Waals surface area contributed by atoms with Gasteiger partial charge in [-0.25, -0.2) is 0 Å². The summed E-state index contributed by atoms with van der Waals surface area (Å²) in [4.78, 5) is 0. The Bertz CT molecular complexity index is 672. The zero-order valence-corrected chi connectivity index (χ0v) is 20.0. The minimum absolute atomic E-state index is 0.109. The van der Waals surface area contributed by atoms with E-state index in [2.05, 4.69) is 53.7 Å². The Balaban J connectivity index is 1.54. The normalized spacial score (nSPS) is 43.7. The topological polar surface area (TPSA) is 20.2 Å². The Hall–Kier alpha value is -0.560. The molecule has 29 heavy (non-hydrogen) atoms. The molecule has 0 aromatic heterocycles. The average molecular weight is 399 g/mol. The zero-order chi connectivity index (χ0) is 21.0. The van der Waals surface area contributed by atoms with Crippen LogP contribution in [0, 0.1) is 46.3 Å². The summed E-state index contributed by atoms with van der Waals surface area (Å²) >= 11 is 0. The summed E-state index contributed by atoms with van der Waals surface area (Å²) < 4.78 is 0. The van der Waals surface area contributed by atoms with E-state index < -0.39 is 0 Å². The lowest BCUT2D eigenvalue weighted by atomic mass is 9.50. The first-order chi connectivity index (χ1) is 13.6. The van der Waals surface area contributed by atoms with E-state index in [9.17, 15) is 5.11 Å². The predicted octanol–water partition coefficient (Wildman–Crippen LogP) is 7.55. The van der Waals surface area contributed by atoms with E-state index in [1.807, 2.05) is 0 Å². The molecule has 4 rings (SSSR count). The number of aliphatic hydroxyl groups is 1. The molecule has 164 valence electrons. The van der Waals surface area contributed by atoms with E-state index in [0.29, 0.717) is 10.8 Å². The van der Waals surface area contributed by atoms with Crippen LogP contribution in [-0.4, -0.2) is 11.2 Å². The van der Waals surface area contributed by atoms with Crippen LogP contribution < -0.4 is 0 Å². The highest BCUT2D eigenvalue weighted by Gasteiger charge is 2.56. The van der Waals surface area contributed by atoms with Crippen LogP contribution in [0.15, 0.2) is 23.3 Å². The highest BCUT2D eigenvalue weighted by Crippen LogP contribution is 2.66. The van der Waals surface area contributed by atoms with E-state index >= 15 is 0 Å². The van der Waals surface area contributed by atoms with Crippen molar-refractivity contribution in [3.63, 3.8) is 0 Å². The molecule has 0 aliphatic heterocycles. The van der Waals surface area contributed by atoms with Gasteiger partial charge in [-0.05, 0) is 104 Å². The lowest BCUT2D eigenvalue weighted by Crippen LogP contribution is -2.46. The summed E-state index contributed by atoms with van der Waals surface area (Å²) in [6, 6.07) is 0. The molecular weight excluding hydrogens is 352 g/mol. The molecule has 8 atom stereocenters. The zero-order valence-electron chi connectivity index (χ0n) is 20.0. The minimum Gasteiger partial charge on any atom is -0.393 e. The highest BCUT2D eigenvalue weighted by atomic mass is 16.3. The Morgan fingerprint density at radius 3 is 2.41 bits per heavy atom. The summed E-state index contributed by atoms with van der Waals surface area (Å²) in [5.74, 6) is 4.97. The molecule has 0 spiro atoms. The Kier molecular flexibility index (Phi) is 5.86. The van der Waals surface area contributed by atoms with E-state index in [4.69, 9.17) is 0 Å². The summed E-state index contributed by atoms with van der Waals surface area (Å²) in [5, 5.41) is 10.2. The van der Waals surface area contributed by atoms with Gasteiger partial charge < -0.3 is 5.11 Å². The molecule has 3 fully saturated rings. The largest absolute Gasteiger partial charge is 0.393 e. The first-order valence-electron chi connectivity index (χ1n) is 12.7. The van der Waals surface area contributed by atoms with Crippen molar-refractivity contribution < 1.29 is 5.11 Å². The van der Waals surface area contributed by atoms with Gasteiger partial charge in [0.1, 0.15) is 0 Å². The molecule has 1 nitrogen and oxygen atoms in total. The SMILES string of the molecule is CC(C)C[C@H](C)C[C@@H](C)[C@H]1CC[C@@H]2C3=CC=C4C[C@@H](O)CC[C@]4(C)[C@H]3CC[C@@]21C. The van der Waals surface area contributed by atoms with Crippen molar-refractivity contribution in [2.45, 2.75) is 105 Å². The summed E-state index contributed by atoms with van der Waals surface area (Å²) in [6.45, 7) is 15.0. The second-order valence-electron chi connectivity index (χ2n) is 12.5. The van der Waals surface area contributed by atoms with Crippen molar-refractivity contribution in [2.24, 2.45) is 46.3 Å². The lowest BCUT2D eigenvalue weighted by Gasteiger charge is -2.55. The van der Waals surface area contributed by atoms with Crippen molar-refractivity contribution >= 4 is 0 Å². The molecule has 4 aliphatic rings. The van der Waals surface area contributed by atoms with Crippen molar-refractivity contribution in [3.05, 3.63) is 23.3 Å². The maximum atomic E-state index is 10.2. The van der Waals surface area contributed by atoms with E-state index in [0.717, 1.165) is 48.3 Å². The molecule has 0 heterocycles. The highest BCUT2D eigenvalue weighted by molar-refractivity contribution is 5.38. The smallest absolute Gasteiger partial charge is 0.0578 e. The van der Waals surface area contributed by atoms with Crippen LogP contribution in [0.4, 0.5) is 0 Å². The molecule has 3 saturated carbocycles. The summed E-state index contributed by atoms with van der Waals surface area (Å²) in [6.07, 6.45) is 16.3. The fourth-order valence-corrected chi connectivity index (χ4v) is 8.66. The molecule has 0 bridgehead atoms. The fourth-order valence-electron chi connectivity index (χ4n) is 8.66. The molecule has 0 saturated heterocycles. The number of aliphatic hydroxyl groups excluding tert-OH is 1. The second-order valence-corrected chi connectivity index (χ2v) is 12.5. The molecular formula is C28H46O. The van der Waals surface area contributed by atoms with Crippen LogP contribution in [0.2, 0.25) is 0 Å². The van der Waals surface area contributed by atoms with E-state index in [-0.39, 0.29) is 6.10 Å². The minimum atomic E-state index is -0.109. The van der Waals surface area contributed by atoms with Gasteiger partial charge in [-0.2, -0.15) is 0 Å². The summed E-state index contributed by atoms with van der Waals surface area (Å²) in [7, 11) is 0. The van der Waals surface area contributed by atoms with Gasteiger partial charge in [0.25, 0.3) is 0 Å². The van der Waals surface area contributed by atoms with Crippen molar-refractivity contribution in [1.82, 2.24) is 0 Å². The van der Waals surface area contributed by atoms with Crippen LogP contribution in [0.25, 0.3) is 0 Å². The van der Waals surface area contributed by atoms with Gasteiger partial charge >= 0.3 is 0 Å². The third kappa shape index (κ3) is 3.68. The average Bonchev–Trinajstić information content (AvgIpc) is 2.99. The molecule has 0 amide bonds. The van der Waals surface area contributed by atoms with Gasteiger partial charge in [-0.1, -0.05) is 64.8 Å². The number of hydrogen-bond acceptors (Lipinski definition) is 1. The predicted molar refractivity (Wildman–Crippen MR) is 124 cm³/mol. The maximum absolute atomic E-state index is 10.2. The fraction of sp³-hybridized carbons (Fsp3) is 0.857. The quantitative estimate of drug-likeness (QED) is 0.506. The van der Waals surface area contributed by atoms with Gasteiger partial charge in [-0.15, -0.1) is 0 Å². The molecule has 1 N–H and O–H groups in total. The van der Waals surface area contributed by atoms with Crippen molar-refractivity contribution in [1.29, 1.82) is 0 Å². The number of rotatable bonds is 5. The Morgan fingerprint density at radius 1 is 0.931 bits per heavy atom. The third-order valence-electron chi connectivity index (χ3n) is 9.95. The van der Waals surface area contributed by atoms with Crippen molar-refractivity contribution in [2.75, 3.05) is 0 Å². The molecule has 1 heteroatoms. The number of allylic oxidation sites excluding steroid dienone is 3. The van der Waals surface area contributed by atoms with Crippen LogP contribution in [0.5, 0.6) is 0 Å². The van der Waals surface area contributed by atoms with Gasteiger partial charge in [-0.3, -0.25) is 0 Å². The van der Waals surface area contributed by atoms with E-state index in [1.54, 1.807) is 11.1 Å². The van der Waals surface area contributed by atoms with E-state index in [1.165, 1.54) is 44.9 Å². The van der Waals surface area contributed by atoms with Crippen LogP contribution in [-0.2, 0) is 0 Å². The number of hydrogen-bond donors (Lipinski definition) is 1. The second kappa shape index (κ2) is 7.85. The van der Waals surface area contributed by atoms with Crippen LogP contribution in [0.3, 0.4) is 0 Å². The first-order valence-corrected chi connectivity index (χ1v) is 12.7. The number of fused-ring (bicyclic) bond motifs is 5. The maximum Gasteiger partial charge on any atom is 0.0578 e. The Labute approximate surface area is 180 Å². The van der Waals surface area contributed by atoms with Gasteiger partial charge in [0.05, 0.1) is 6.10 Å². The molecule has 0 radical (unpaired) electrons. The van der Waals surface area contributed by atoms with Gasteiger partial charge in [0, 0.05) is 0 Å². The van der Waals surface area contributed by atoms with Gasteiger partial charge in [0.2, 0.25) is 0 Å². The lowest BCUT2D eigenvalue weighted by molar-refractivity contribution is 0.0304. The van der Waals surface area contributed by atoms with Gasteiger partial charge in [0.15, 0.2) is 0 Å². The molecule has 0 aromatic rings. The van der Waals surface area contributed by atoms with Crippen LogP contribution in [0.1, 0.15) is 99.3 Å². The molecule has 0 aromatic carbocycles. The molecule has 4 aliphatic carbocycles. The van der Waals surface area contributed by atoms with Crippen LogP contribution >= 0.6 is 0 Å². The van der Waals surface area contributed by atoms with Crippen molar-refractivity contribution in [3.8, 4) is 0 Å². The monoisotopic (exact) mass is 398 g/mol. The molecule has 0 unspecified atom stereocenters.